The Balaban J connectivity index is 1.23. The highest BCUT2D eigenvalue weighted by Gasteiger charge is 2.45. The molecule has 25 heavy (non-hydrogen) atoms. The van der Waals surface area contributed by atoms with Crippen LogP contribution < -0.4 is 0 Å². The molecule has 1 N–H and O–H groups in total. The van der Waals surface area contributed by atoms with E-state index in [2.05, 4.69) is 35.3 Å². The van der Waals surface area contributed by atoms with Crippen molar-refractivity contribution in [3.63, 3.8) is 0 Å². The Labute approximate surface area is 153 Å². The minimum atomic E-state index is 0.766. The quantitative estimate of drug-likeness (QED) is 0.616. The van der Waals surface area contributed by atoms with Gasteiger partial charge in [-0.25, -0.2) is 4.98 Å². The van der Waals surface area contributed by atoms with E-state index < -0.39 is 0 Å². The monoisotopic (exact) mass is 350 g/mol. The molecule has 2 aliphatic carbocycles. The van der Waals surface area contributed by atoms with Crippen molar-refractivity contribution in [2.45, 2.75) is 38.0 Å². The number of hydrogen-bond donors (Lipinski definition) is 1. The molecular weight excluding hydrogens is 328 g/mol. The number of nitrogens with zero attached hydrogens (tertiary/aromatic N) is 1. The molecule has 2 bridgehead atoms. The third-order valence-corrected chi connectivity index (χ3v) is 6.71. The standard InChI is InChI=1S/C22H23ClN2/c23-18-7-8-20-21(13-18)25-22(24-20)9-6-15-10-17-11-16(15)12-19(17)14-4-2-1-3-5-14/h1-5,7-8,13,15-17,19H,6,9-12H2,(H,24,25). The van der Waals surface area contributed by atoms with Gasteiger partial charge in [-0.05, 0) is 73.1 Å². The number of aromatic nitrogens is 2. The number of halogens is 1. The van der Waals surface area contributed by atoms with Gasteiger partial charge < -0.3 is 4.98 Å². The third-order valence-electron chi connectivity index (χ3n) is 6.48. The maximum absolute atomic E-state index is 6.07. The Morgan fingerprint density at radius 3 is 2.68 bits per heavy atom. The van der Waals surface area contributed by atoms with Crippen LogP contribution in [0.4, 0.5) is 0 Å². The number of aromatic amines is 1. The lowest BCUT2D eigenvalue weighted by Gasteiger charge is -2.28. The average molecular weight is 351 g/mol. The number of rotatable bonds is 4. The van der Waals surface area contributed by atoms with Gasteiger partial charge in [0.1, 0.15) is 5.82 Å². The topological polar surface area (TPSA) is 28.7 Å². The molecule has 3 heteroatoms. The van der Waals surface area contributed by atoms with E-state index in [-0.39, 0.29) is 0 Å². The van der Waals surface area contributed by atoms with E-state index in [0.717, 1.165) is 52.0 Å². The summed E-state index contributed by atoms with van der Waals surface area (Å²) in [5.74, 6) is 4.60. The summed E-state index contributed by atoms with van der Waals surface area (Å²) in [6, 6.07) is 17.0. The number of imidazole rings is 1. The van der Waals surface area contributed by atoms with Crippen LogP contribution >= 0.6 is 11.6 Å². The van der Waals surface area contributed by atoms with Crippen LogP contribution in [0.25, 0.3) is 11.0 Å². The van der Waals surface area contributed by atoms with Gasteiger partial charge in [0.15, 0.2) is 0 Å². The molecule has 2 aromatic carbocycles. The molecule has 1 aromatic heterocycles. The Bertz CT molecular complexity index is 885. The fourth-order valence-electron chi connectivity index (χ4n) is 5.33. The second-order valence-corrected chi connectivity index (χ2v) is 8.32. The lowest BCUT2D eigenvalue weighted by molar-refractivity contribution is 0.289. The molecule has 0 aliphatic heterocycles. The molecule has 2 nitrogen and oxygen atoms in total. The summed E-state index contributed by atoms with van der Waals surface area (Å²) in [6.45, 7) is 0. The summed E-state index contributed by atoms with van der Waals surface area (Å²) >= 11 is 6.07. The van der Waals surface area contributed by atoms with Crippen LogP contribution in [0.15, 0.2) is 48.5 Å². The Kier molecular flexibility index (Phi) is 3.82. The van der Waals surface area contributed by atoms with E-state index >= 15 is 0 Å². The first-order valence-corrected chi connectivity index (χ1v) is 9.83. The summed E-state index contributed by atoms with van der Waals surface area (Å²) in [4.78, 5) is 8.17. The molecule has 4 unspecified atom stereocenters. The highest BCUT2D eigenvalue weighted by molar-refractivity contribution is 6.31. The maximum Gasteiger partial charge on any atom is 0.107 e. The summed E-state index contributed by atoms with van der Waals surface area (Å²) < 4.78 is 0. The minimum Gasteiger partial charge on any atom is -0.342 e. The molecule has 5 rings (SSSR count). The molecule has 3 aromatic rings. The second kappa shape index (κ2) is 6.17. The molecule has 0 amide bonds. The highest BCUT2D eigenvalue weighted by Crippen LogP contribution is 2.56. The molecule has 2 fully saturated rings. The van der Waals surface area contributed by atoms with Crippen molar-refractivity contribution >= 4 is 22.6 Å². The molecule has 0 radical (unpaired) electrons. The largest absolute Gasteiger partial charge is 0.342 e. The van der Waals surface area contributed by atoms with Gasteiger partial charge in [0.2, 0.25) is 0 Å². The first-order valence-electron chi connectivity index (χ1n) is 9.45. The Morgan fingerprint density at radius 2 is 1.88 bits per heavy atom. The van der Waals surface area contributed by atoms with Gasteiger partial charge in [-0.15, -0.1) is 0 Å². The van der Waals surface area contributed by atoms with Crippen molar-refractivity contribution in [3.8, 4) is 0 Å². The van der Waals surface area contributed by atoms with Gasteiger partial charge in [0.05, 0.1) is 11.0 Å². The number of fused-ring (bicyclic) bond motifs is 3. The summed E-state index contributed by atoms with van der Waals surface area (Å²) in [7, 11) is 0. The number of aryl methyl sites for hydroxylation is 1. The minimum absolute atomic E-state index is 0.766. The molecule has 0 saturated heterocycles. The predicted molar refractivity (Wildman–Crippen MR) is 103 cm³/mol. The van der Waals surface area contributed by atoms with E-state index in [4.69, 9.17) is 16.6 Å². The zero-order valence-electron chi connectivity index (χ0n) is 14.3. The fraction of sp³-hybridized carbons (Fsp3) is 0.409. The van der Waals surface area contributed by atoms with Gasteiger partial charge in [-0.1, -0.05) is 41.9 Å². The summed E-state index contributed by atoms with van der Waals surface area (Å²) in [5.41, 5.74) is 3.64. The number of hydrogen-bond acceptors (Lipinski definition) is 1. The molecule has 0 spiro atoms. The summed E-state index contributed by atoms with van der Waals surface area (Å²) in [5, 5.41) is 0.766. The molecular formula is C22H23ClN2. The molecule has 4 atom stereocenters. The van der Waals surface area contributed by atoms with Crippen LogP contribution in [0.2, 0.25) is 5.02 Å². The molecule has 1 heterocycles. The zero-order chi connectivity index (χ0) is 16.8. The van der Waals surface area contributed by atoms with Crippen molar-refractivity contribution < 1.29 is 0 Å². The van der Waals surface area contributed by atoms with Gasteiger partial charge in [0, 0.05) is 11.4 Å². The van der Waals surface area contributed by atoms with Crippen LogP contribution in [0.1, 0.15) is 43.0 Å². The summed E-state index contributed by atoms with van der Waals surface area (Å²) in [6.07, 6.45) is 6.53. The van der Waals surface area contributed by atoms with E-state index in [1.165, 1.54) is 25.7 Å². The van der Waals surface area contributed by atoms with Crippen LogP contribution in [-0.2, 0) is 6.42 Å². The number of nitrogens with one attached hydrogen (secondary N) is 1. The second-order valence-electron chi connectivity index (χ2n) is 7.89. The van der Waals surface area contributed by atoms with Gasteiger partial charge in [0.25, 0.3) is 0 Å². The smallest absolute Gasteiger partial charge is 0.107 e. The van der Waals surface area contributed by atoms with E-state index in [1.54, 1.807) is 5.56 Å². The lowest BCUT2D eigenvalue weighted by Crippen LogP contribution is -2.17. The van der Waals surface area contributed by atoms with Crippen LogP contribution in [0.5, 0.6) is 0 Å². The van der Waals surface area contributed by atoms with Crippen molar-refractivity contribution in [2.24, 2.45) is 17.8 Å². The van der Waals surface area contributed by atoms with Gasteiger partial charge in [-0.3, -0.25) is 0 Å². The van der Waals surface area contributed by atoms with E-state index in [0.29, 0.717) is 0 Å². The Hall–Kier alpha value is -1.80. The van der Waals surface area contributed by atoms with E-state index in [1.807, 2.05) is 18.2 Å². The van der Waals surface area contributed by atoms with E-state index in [9.17, 15) is 0 Å². The SMILES string of the molecule is Clc1ccc2nc(CCC3CC4CC3CC4c3ccccc3)[nH]c2c1. The first kappa shape index (κ1) is 15.5. The predicted octanol–water partition coefficient (Wildman–Crippen LogP) is 5.98. The van der Waals surface area contributed by atoms with Crippen LogP contribution in [0.3, 0.4) is 0 Å². The third kappa shape index (κ3) is 2.87. The van der Waals surface area contributed by atoms with Crippen molar-refractivity contribution in [3.05, 3.63) is 64.9 Å². The number of H-pyrrole nitrogens is 1. The van der Waals surface area contributed by atoms with Gasteiger partial charge >= 0.3 is 0 Å². The number of benzene rings is 2. The Morgan fingerprint density at radius 1 is 1.00 bits per heavy atom. The maximum atomic E-state index is 6.07. The molecule has 2 saturated carbocycles. The van der Waals surface area contributed by atoms with Crippen molar-refractivity contribution in [1.29, 1.82) is 0 Å². The average Bonchev–Trinajstić information content (AvgIpc) is 3.33. The van der Waals surface area contributed by atoms with Crippen LogP contribution in [0, 0.1) is 17.8 Å². The van der Waals surface area contributed by atoms with Crippen LogP contribution in [-0.4, -0.2) is 9.97 Å². The lowest BCUT2D eigenvalue weighted by atomic mass is 9.77. The van der Waals surface area contributed by atoms with Crippen molar-refractivity contribution in [2.75, 3.05) is 0 Å². The molecule has 2 aliphatic rings. The normalized spacial score (nSPS) is 28.0. The highest BCUT2D eigenvalue weighted by atomic mass is 35.5. The first-order chi connectivity index (χ1) is 12.3. The fourth-order valence-corrected chi connectivity index (χ4v) is 5.50. The zero-order valence-corrected chi connectivity index (χ0v) is 15.0. The molecule has 128 valence electrons. The van der Waals surface area contributed by atoms with Crippen molar-refractivity contribution in [1.82, 2.24) is 9.97 Å². The van der Waals surface area contributed by atoms with Gasteiger partial charge in [-0.2, -0.15) is 0 Å².